The molecule has 0 saturated heterocycles. The van der Waals surface area contributed by atoms with Crippen molar-refractivity contribution in [2.75, 3.05) is 5.75 Å². The van der Waals surface area contributed by atoms with Crippen LogP contribution in [0.2, 0.25) is 0 Å². The highest BCUT2D eigenvalue weighted by Crippen LogP contribution is 2.39. The Morgan fingerprint density at radius 2 is 2.03 bits per heavy atom. The highest BCUT2D eigenvalue weighted by Gasteiger charge is 2.30. The van der Waals surface area contributed by atoms with Crippen LogP contribution in [0, 0.1) is 19.7 Å². The maximum Gasteiger partial charge on any atom is 0.191 e. The van der Waals surface area contributed by atoms with Crippen LogP contribution in [-0.4, -0.2) is 30.9 Å². The summed E-state index contributed by atoms with van der Waals surface area (Å²) in [6, 6.07) is 12.9. The van der Waals surface area contributed by atoms with Gasteiger partial charge in [-0.25, -0.2) is 4.39 Å². The van der Waals surface area contributed by atoms with Crippen molar-refractivity contribution < 1.29 is 9.18 Å². The van der Waals surface area contributed by atoms with E-state index in [9.17, 15) is 9.18 Å². The molecule has 0 radical (unpaired) electrons. The van der Waals surface area contributed by atoms with Crippen molar-refractivity contribution >= 4 is 28.9 Å². The Kier molecular flexibility index (Phi) is 5.73. The maximum absolute atomic E-state index is 13.7. The lowest BCUT2D eigenvalue weighted by Crippen LogP contribution is -2.08. The van der Waals surface area contributed by atoms with Gasteiger partial charge in [-0.2, -0.15) is 0 Å². The number of nitrogens with zero attached hydrogens (tertiary/aromatic N) is 4. The van der Waals surface area contributed by atoms with E-state index in [0.717, 1.165) is 47.3 Å². The van der Waals surface area contributed by atoms with Crippen molar-refractivity contribution in [2.24, 2.45) is 0 Å². The summed E-state index contributed by atoms with van der Waals surface area (Å²) < 4.78 is 17.9. The van der Waals surface area contributed by atoms with Gasteiger partial charge in [0.1, 0.15) is 11.6 Å². The predicted octanol–water partition coefficient (Wildman–Crippen LogP) is 5.79. The molecular weight excluding hydrogens is 443 g/mol. The fourth-order valence-electron chi connectivity index (χ4n) is 4.06. The van der Waals surface area contributed by atoms with Crippen molar-refractivity contribution in [3.8, 4) is 5.69 Å². The molecule has 0 N–H and O–H groups in total. The zero-order chi connectivity index (χ0) is 22.2. The lowest BCUT2D eigenvalue weighted by molar-refractivity contribution is 0.102. The minimum absolute atomic E-state index is 0.0379. The highest BCUT2D eigenvalue weighted by molar-refractivity contribution is 7.99. The van der Waals surface area contributed by atoms with Crippen molar-refractivity contribution in [1.29, 1.82) is 0 Å². The normalized spacial score (nSPS) is 13.6. The van der Waals surface area contributed by atoms with Crippen LogP contribution >= 0.6 is 23.1 Å². The number of Topliss-reactive ketones (excluding diaryl/α,β-unsaturated/α-hetero) is 1. The smallest absolute Gasteiger partial charge is 0.191 e. The third kappa shape index (κ3) is 4.17. The summed E-state index contributed by atoms with van der Waals surface area (Å²) in [6.45, 7) is 3.84. The molecule has 1 aliphatic carbocycles. The Morgan fingerprint density at radius 3 is 2.75 bits per heavy atom. The second kappa shape index (κ2) is 8.67. The fraction of sp³-hybridized carbons (Fsp3) is 0.292. The van der Waals surface area contributed by atoms with Crippen molar-refractivity contribution in [3.05, 3.63) is 81.3 Å². The van der Waals surface area contributed by atoms with Crippen molar-refractivity contribution in [1.82, 2.24) is 19.3 Å². The van der Waals surface area contributed by atoms with Gasteiger partial charge in [-0.15, -0.1) is 21.5 Å². The lowest BCUT2D eigenvalue weighted by atomic mass is 10.2. The molecule has 5 nitrogen and oxygen atoms in total. The molecule has 164 valence electrons. The van der Waals surface area contributed by atoms with Crippen LogP contribution < -0.4 is 0 Å². The summed E-state index contributed by atoms with van der Waals surface area (Å²) in [6.07, 6.45) is 3.03. The van der Waals surface area contributed by atoms with Crippen LogP contribution in [0.25, 0.3) is 5.69 Å². The summed E-state index contributed by atoms with van der Waals surface area (Å²) in [5.41, 5.74) is 3.11. The van der Waals surface area contributed by atoms with E-state index in [4.69, 9.17) is 0 Å². The number of hydrogen-bond acceptors (Lipinski definition) is 5. The molecule has 32 heavy (non-hydrogen) atoms. The molecule has 3 heterocycles. The molecule has 1 saturated carbocycles. The highest BCUT2D eigenvalue weighted by atomic mass is 32.2. The lowest BCUT2D eigenvalue weighted by Gasteiger charge is -2.10. The Hall–Kier alpha value is -2.71. The molecule has 0 amide bonds. The number of halogens is 1. The number of carbonyl (C=O) groups is 1. The first-order valence-electron chi connectivity index (χ1n) is 10.6. The van der Waals surface area contributed by atoms with Crippen LogP contribution in [0.15, 0.2) is 53.0 Å². The molecule has 1 aromatic carbocycles. The molecule has 5 rings (SSSR count). The van der Waals surface area contributed by atoms with Gasteiger partial charge in [-0.3, -0.25) is 4.79 Å². The summed E-state index contributed by atoms with van der Waals surface area (Å²) in [5.74, 6) is 0.999. The van der Waals surface area contributed by atoms with Gasteiger partial charge >= 0.3 is 0 Å². The van der Waals surface area contributed by atoms with Gasteiger partial charge in [0, 0.05) is 40.0 Å². The maximum atomic E-state index is 13.7. The number of thioether (sulfide) groups is 1. The van der Waals surface area contributed by atoms with E-state index in [0.29, 0.717) is 11.6 Å². The van der Waals surface area contributed by atoms with Crippen LogP contribution in [0.1, 0.15) is 51.3 Å². The van der Waals surface area contributed by atoms with Gasteiger partial charge in [-0.1, -0.05) is 23.9 Å². The number of benzene rings is 1. The van der Waals surface area contributed by atoms with Crippen molar-refractivity contribution in [3.63, 3.8) is 0 Å². The van der Waals surface area contributed by atoms with Crippen LogP contribution in [0.3, 0.4) is 0 Å². The molecule has 1 aliphatic rings. The Bertz CT molecular complexity index is 1270. The Morgan fingerprint density at radius 1 is 1.19 bits per heavy atom. The zero-order valence-electron chi connectivity index (χ0n) is 17.9. The average Bonchev–Trinajstić information content (AvgIpc) is 3.18. The molecule has 0 atom stereocenters. The van der Waals surface area contributed by atoms with E-state index < -0.39 is 0 Å². The topological polar surface area (TPSA) is 52.7 Å². The fourth-order valence-corrected chi connectivity index (χ4v) is 5.67. The minimum Gasteiger partial charge on any atom is -0.318 e. The molecule has 8 heteroatoms. The first kappa shape index (κ1) is 21.2. The Balaban J connectivity index is 1.35. The quantitative estimate of drug-likeness (QED) is 0.244. The molecule has 4 aromatic rings. The van der Waals surface area contributed by atoms with Crippen molar-refractivity contribution in [2.45, 2.75) is 44.3 Å². The van der Waals surface area contributed by atoms with Gasteiger partial charge < -0.3 is 9.13 Å². The summed E-state index contributed by atoms with van der Waals surface area (Å²) >= 11 is 3.17. The van der Waals surface area contributed by atoms with Gasteiger partial charge in [-0.05, 0) is 62.4 Å². The van der Waals surface area contributed by atoms with Gasteiger partial charge in [0.05, 0.1) is 5.75 Å². The third-order valence-corrected chi connectivity index (χ3v) is 7.51. The van der Waals surface area contributed by atoms with Gasteiger partial charge in [0.2, 0.25) is 0 Å². The second-order valence-electron chi connectivity index (χ2n) is 8.07. The molecule has 0 bridgehead atoms. The second-order valence-corrected chi connectivity index (χ2v) is 10.0. The SMILES string of the molecule is Cc1cc(C(=O)CSc2nnc(Cc3cccs3)n2C2CC2)c(C)n1-c1cccc(F)c1. The molecule has 0 unspecified atom stereocenters. The molecule has 0 spiro atoms. The number of rotatable bonds is 8. The van der Waals surface area contributed by atoms with E-state index >= 15 is 0 Å². The monoisotopic (exact) mass is 466 g/mol. The minimum atomic E-state index is -0.295. The summed E-state index contributed by atoms with van der Waals surface area (Å²) in [7, 11) is 0. The van der Waals surface area contributed by atoms with Crippen LogP contribution in [0.4, 0.5) is 4.39 Å². The number of thiophene rings is 1. The van der Waals surface area contributed by atoms with Crippen LogP contribution in [0.5, 0.6) is 0 Å². The van der Waals surface area contributed by atoms with E-state index in [-0.39, 0.29) is 17.4 Å². The number of aromatic nitrogens is 4. The molecule has 1 fully saturated rings. The molecular formula is C24H23FN4OS2. The first-order valence-corrected chi connectivity index (χ1v) is 12.4. The van der Waals surface area contributed by atoms with E-state index in [1.807, 2.05) is 36.6 Å². The molecule has 3 aromatic heterocycles. The standard InChI is InChI=1S/C24H23FN4OS2/c1-15-11-21(16(2)28(15)19-6-3-5-17(25)12-19)22(30)14-32-24-27-26-23(29(24)18-8-9-18)13-20-7-4-10-31-20/h3-7,10-12,18H,8-9,13-14H2,1-2H3. The van der Waals surface area contributed by atoms with Gasteiger partial charge in [0.25, 0.3) is 0 Å². The van der Waals surface area contributed by atoms with E-state index in [1.165, 1.54) is 28.8 Å². The Labute approximate surface area is 194 Å². The largest absolute Gasteiger partial charge is 0.318 e. The van der Waals surface area contributed by atoms with Gasteiger partial charge in [0.15, 0.2) is 10.9 Å². The average molecular weight is 467 g/mol. The number of carbonyl (C=O) groups excluding carboxylic acids is 1. The summed E-state index contributed by atoms with van der Waals surface area (Å²) in [4.78, 5) is 14.4. The first-order chi connectivity index (χ1) is 15.5. The number of aryl methyl sites for hydroxylation is 1. The summed E-state index contributed by atoms with van der Waals surface area (Å²) in [5, 5.41) is 11.7. The third-order valence-electron chi connectivity index (χ3n) is 5.69. The predicted molar refractivity (Wildman–Crippen MR) is 126 cm³/mol. The zero-order valence-corrected chi connectivity index (χ0v) is 19.5. The van der Waals surface area contributed by atoms with E-state index in [2.05, 4.69) is 26.2 Å². The number of hydrogen-bond donors (Lipinski definition) is 0. The van der Waals surface area contributed by atoms with E-state index in [1.54, 1.807) is 17.4 Å². The molecule has 0 aliphatic heterocycles. The van der Waals surface area contributed by atoms with Crippen LogP contribution in [-0.2, 0) is 6.42 Å². The number of ketones is 1.